The van der Waals surface area contributed by atoms with Crippen LogP contribution < -0.4 is 15.5 Å². The van der Waals surface area contributed by atoms with Gasteiger partial charge < -0.3 is 10.8 Å². The molecule has 1 aromatic carbocycles. The molecule has 140 valence electrons. The molecule has 0 fully saturated rings. The van der Waals surface area contributed by atoms with E-state index in [4.69, 9.17) is 4.55 Å². The fourth-order valence-electron chi connectivity index (χ4n) is 1.73. The van der Waals surface area contributed by atoms with E-state index in [1.165, 1.54) is 0 Å². The summed E-state index contributed by atoms with van der Waals surface area (Å²) in [4.78, 5) is 0. The molecule has 0 bridgehead atoms. The van der Waals surface area contributed by atoms with Crippen molar-refractivity contribution in [3.05, 3.63) is 23.8 Å². The molecule has 0 saturated heterocycles. The smallest absolute Gasteiger partial charge is 0.412 e. The Kier molecular flexibility index (Phi) is 9.17. The van der Waals surface area contributed by atoms with Gasteiger partial charge in [-0.2, -0.15) is 8.42 Å². The van der Waals surface area contributed by atoms with E-state index >= 15 is 0 Å². The summed E-state index contributed by atoms with van der Waals surface area (Å²) < 4.78 is 57.7. The Hall–Kier alpha value is -1.44. The molecular weight excluding hydrogens is 362 g/mol. The van der Waals surface area contributed by atoms with Gasteiger partial charge in [-0.15, -0.1) is 4.28 Å². The lowest BCUT2D eigenvalue weighted by Gasteiger charge is -2.11. The second-order valence-corrected chi connectivity index (χ2v) is 7.80. The number of benzene rings is 1. The highest BCUT2D eigenvalue weighted by atomic mass is 32.3. The van der Waals surface area contributed by atoms with E-state index in [1.54, 1.807) is 25.1 Å². The van der Waals surface area contributed by atoms with Gasteiger partial charge in [0.2, 0.25) is 10.0 Å². The van der Waals surface area contributed by atoms with Crippen molar-refractivity contribution < 1.29 is 31.1 Å². The van der Waals surface area contributed by atoms with Gasteiger partial charge in [0.15, 0.2) is 0 Å². The summed E-state index contributed by atoms with van der Waals surface area (Å²) in [7, 11) is -7.70. The number of aryl methyl sites for hydroxylation is 1. The molecule has 0 heterocycles. The van der Waals surface area contributed by atoms with Crippen LogP contribution in [0.4, 0.5) is 11.4 Å². The van der Waals surface area contributed by atoms with Crippen molar-refractivity contribution in [1.29, 1.82) is 0 Å². The summed E-state index contributed by atoms with van der Waals surface area (Å²) in [5.41, 5.74) is 4.10. The van der Waals surface area contributed by atoms with Crippen LogP contribution in [0, 0.1) is 6.92 Å². The van der Waals surface area contributed by atoms with Gasteiger partial charge in [0.1, 0.15) is 0 Å². The van der Waals surface area contributed by atoms with Crippen molar-refractivity contribution >= 4 is 31.8 Å². The van der Waals surface area contributed by atoms with E-state index in [0.717, 1.165) is 23.9 Å². The molecule has 0 unspecified atom stereocenters. The summed E-state index contributed by atoms with van der Waals surface area (Å²) in [5, 5.41) is 3.17. The normalized spacial score (nSPS) is 11.6. The molecule has 0 saturated carbocycles. The molecule has 0 spiro atoms. The van der Waals surface area contributed by atoms with Crippen molar-refractivity contribution in [2.75, 3.05) is 30.1 Å². The number of hydrogen-bond acceptors (Lipinski definition) is 7. The molecule has 24 heavy (non-hydrogen) atoms. The largest absolute Gasteiger partial charge is 0.418 e. The fourth-order valence-corrected chi connectivity index (χ4v) is 2.44. The Morgan fingerprint density at radius 2 is 1.75 bits per heavy atom. The maximum atomic E-state index is 10.9. The molecule has 1 aromatic rings. The minimum absolute atomic E-state index is 0. The lowest BCUT2D eigenvalue weighted by molar-refractivity contribution is 0.320. The molecule has 12 heteroatoms. The molecule has 0 atom stereocenters. The third kappa shape index (κ3) is 10.4. The highest BCUT2D eigenvalue weighted by Crippen LogP contribution is 2.20. The summed E-state index contributed by atoms with van der Waals surface area (Å²) in [5.74, 6) is 0. The molecule has 0 aromatic heterocycles. The number of nitrogens with one attached hydrogen (secondary N) is 3. The molecule has 0 aliphatic rings. The Bertz CT molecular complexity index is 720. The first-order valence-corrected chi connectivity index (χ1v) is 10.0. The average molecular weight is 385 g/mol. The molecule has 0 amide bonds. The summed E-state index contributed by atoms with van der Waals surface area (Å²) in [6.45, 7) is 2.81. The van der Waals surface area contributed by atoms with Crippen LogP contribution in [0.25, 0.3) is 0 Å². The Morgan fingerprint density at radius 1 is 1.12 bits per heavy atom. The van der Waals surface area contributed by atoms with Crippen LogP contribution in [0.5, 0.6) is 0 Å². The van der Waals surface area contributed by atoms with Crippen molar-refractivity contribution in [2.24, 2.45) is 0 Å². The zero-order valence-corrected chi connectivity index (χ0v) is 15.0. The van der Waals surface area contributed by atoms with E-state index in [1.807, 2.05) is 0 Å². The minimum Gasteiger partial charge on any atom is -0.412 e. The van der Waals surface area contributed by atoms with Crippen LogP contribution in [0.15, 0.2) is 18.2 Å². The summed E-state index contributed by atoms with van der Waals surface area (Å²) >= 11 is 0. The van der Waals surface area contributed by atoms with E-state index in [0.29, 0.717) is 25.2 Å². The lowest BCUT2D eigenvalue weighted by Crippen LogP contribution is -2.23. The molecule has 6 N–H and O–H groups in total. The highest BCUT2D eigenvalue weighted by molar-refractivity contribution is 7.88. The van der Waals surface area contributed by atoms with E-state index < -0.39 is 20.4 Å². The maximum Gasteiger partial charge on any atom is 0.418 e. The van der Waals surface area contributed by atoms with Crippen LogP contribution in [-0.4, -0.2) is 46.2 Å². The predicted molar refractivity (Wildman–Crippen MR) is 91.6 cm³/mol. The van der Waals surface area contributed by atoms with Crippen LogP contribution in [0.1, 0.15) is 18.4 Å². The minimum atomic E-state index is -4.56. The van der Waals surface area contributed by atoms with Crippen LogP contribution in [0.2, 0.25) is 0 Å². The molecule has 1 rings (SSSR count). The Balaban J connectivity index is 0.00000529. The second-order valence-electron chi connectivity index (χ2n) is 4.94. The number of hydrogen-bond donors (Lipinski definition) is 4. The van der Waals surface area contributed by atoms with Gasteiger partial charge in [-0.1, -0.05) is 0 Å². The third-order valence-corrected chi connectivity index (χ3v) is 3.80. The fraction of sp³-hybridized carbons (Fsp3) is 0.500. The average Bonchev–Trinajstić information content (AvgIpc) is 2.39. The summed E-state index contributed by atoms with van der Waals surface area (Å²) in [6.07, 6.45) is 2.61. The van der Waals surface area contributed by atoms with Gasteiger partial charge in [-0.3, -0.25) is 4.55 Å². The Labute approximate surface area is 141 Å². The highest BCUT2D eigenvalue weighted by Gasteiger charge is 2.06. The van der Waals surface area contributed by atoms with E-state index in [2.05, 4.69) is 19.8 Å². The predicted octanol–water partition coefficient (Wildman–Crippen LogP) is 0.0579. The first kappa shape index (κ1) is 22.6. The first-order chi connectivity index (χ1) is 10.6. The van der Waals surface area contributed by atoms with Crippen LogP contribution >= 0.6 is 0 Å². The van der Waals surface area contributed by atoms with Crippen LogP contribution in [-0.2, 0) is 24.7 Å². The van der Waals surface area contributed by atoms with Crippen molar-refractivity contribution in [3.8, 4) is 0 Å². The van der Waals surface area contributed by atoms with Gasteiger partial charge in [0.25, 0.3) is 0 Å². The molecule has 0 aliphatic carbocycles. The van der Waals surface area contributed by atoms with Gasteiger partial charge in [0, 0.05) is 18.8 Å². The number of anilines is 2. The zero-order valence-electron chi connectivity index (χ0n) is 13.4. The molecular formula is C12H23N3O7S2. The third-order valence-electron chi connectivity index (χ3n) is 2.78. The Morgan fingerprint density at radius 3 is 2.29 bits per heavy atom. The number of unbranched alkanes of at least 4 members (excludes halogenated alkanes) is 1. The lowest BCUT2D eigenvalue weighted by atomic mass is 10.2. The molecule has 0 aliphatic heterocycles. The van der Waals surface area contributed by atoms with Gasteiger partial charge >= 0.3 is 10.4 Å². The maximum absolute atomic E-state index is 10.9. The van der Waals surface area contributed by atoms with Gasteiger partial charge in [-0.25, -0.2) is 18.6 Å². The van der Waals surface area contributed by atoms with Crippen molar-refractivity contribution in [1.82, 2.24) is 4.72 Å². The monoisotopic (exact) mass is 385 g/mol. The first-order valence-electron chi connectivity index (χ1n) is 6.78. The summed E-state index contributed by atoms with van der Waals surface area (Å²) in [6, 6.07) is 5.11. The van der Waals surface area contributed by atoms with Gasteiger partial charge in [-0.05, 0) is 43.5 Å². The topological polar surface area (TPSA) is 165 Å². The quantitative estimate of drug-likeness (QED) is 0.249. The SMILES string of the molecule is Cc1cc(NCCCCNS(C)(=O)=O)ccc1NOS(=O)(=O)O.O. The standard InChI is InChI=1S/C12H21N3O6S2.H2O/c1-10-9-11(5-6-12(10)15-21-23(18,19)20)13-7-3-4-8-14-22(2,16)17;/h5-6,9,13-15H,3-4,7-8H2,1-2H3,(H,18,19,20);1H2. The molecule has 10 nitrogen and oxygen atoms in total. The van der Waals surface area contributed by atoms with Crippen LogP contribution in [0.3, 0.4) is 0 Å². The molecule has 0 radical (unpaired) electrons. The zero-order chi connectivity index (χ0) is 17.5. The van der Waals surface area contributed by atoms with Crippen molar-refractivity contribution in [2.45, 2.75) is 19.8 Å². The van der Waals surface area contributed by atoms with E-state index in [-0.39, 0.29) is 5.48 Å². The number of rotatable bonds is 10. The van der Waals surface area contributed by atoms with Crippen molar-refractivity contribution in [3.63, 3.8) is 0 Å². The number of sulfonamides is 1. The van der Waals surface area contributed by atoms with E-state index in [9.17, 15) is 16.8 Å². The van der Waals surface area contributed by atoms with Gasteiger partial charge in [0.05, 0.1) is 11.9 Å². The second kappa shape index (κ2) is 9.76.